The van der Waals surface area contributed by atoms with Crippen LogP contribution in [0.25, 0.3) is 0 Å². The molecule has 1 aliphatic heterocycles. The van der Waals surface area contributed by atoms with Crippen molar-refractivity contribution in [2.75, 3.05) is 36.7 Å². The van der Waals surface area contributed by atoms with Crippen LogP contribution in [0.4, 0.5) is 11.4 Å². The predicted octanol–water partition coefficient (Wildman–Crippen LogP) is -1.06. The van der Waals surface area contributed by atoms with Gasteiger partial charge in [-0.15, -0.1) is 0 Å². The molecule has 1 amide bonds. The van der Waals surface area contributed by atoms with E-state index in [0.717, 1.165) is 56.2 Å². The Morgan fingerprint density at radius 3 is 1.93 bits per heavy atom. The van der Waals surface area contributed by atoms with E-state index in [1.54, 1.807) is 14.2 Å². The van der Waals surface area contributed by atoms with Gasteiger partial charge in [0.25, 0.3) is 0 Å². The minimum absolute atomic E-state index is 0. The van der Waals surface area contributed by atoms with Gasteiger partial charge in [-0.25, -0.2) is 4.67 Å². The average Bonchev–Trinajstić information content (AvgIpc) is 3.32. The fourth-order valence-electron chi connectivity index (χ4n) is 2.97. The number of nitrogens with two attached hydrogens (primary N) is 1. The summed E-state index contributed by atoms with van der Waals surface area (Å²) in [6.07, 6.45) is 1.59. The number of halogens is 6. The van der Waals surface area contributed by atoms with Gasteiger partial charge in [-0.05, 0) is 76.5 Å². The van der Waals surface area contributed by atoms with Crippen molar-refractivity contribution in [2.24, 2.45) is 0 Å². The number of nitrogen functional groups attached to an aromatic ring is 1. The Bertz CT molecular complexity index is 1150. The summed E-state index contributed by atoms with van der Waals surface area (Å²) in [7, 11) is 0.170. The van der Waals surface area contributed by atoms with E-state index >= 15 is 0 Å². The molecule has 2 aromatic carbocycles. The zero-order valence-electron chi connectivity index (χ0n) is 26.3. The first-order valence-corrected chi connectivity index (χ1v) is 34.4. The van der Waals surface area contributed by atoms with Crippen LogP contribution >= 0.6 is 99.5 Å². The Hall–Kier alpha value is 5.84. The molecule has 3 unspecified atom stereocenters. The largest absolute Gasteiger partial charge is 1.00 e. The number of anilines is 2. The molecule has 1 heterocycles. The number of alkyl halides is 3. The molecule has 0 aromatic heterocycles. The first-order valence-electron chi connectivity index (χ1n) is 12.4. The fourth-order valence-corrected chi connectivity index (χ4v) is 5.55. The monoisotopic (exact) mass is 1090 g/mol. The van der Waals surface area contributed by atoms with Crippen molar-refractivity contribution in [3.05, 3.63) is 56.5 Å². The number of ether oxygens (including phenoxy) is 2. The Balaban J connectivity index is -0.000000169. The fraction of sp³-hybridized carbons (Fsp3) is 0.417. The van der Waals surface area contributed by atoms with E-state index in [1.165, 1.54) is 63.2 Å². The molecule has 1 fully saturated rings. The molecule has 3 rings (SSSR count). The van der Waals surface area contributed by atoms with Gasteiger partial charge >= 0.3 is 152 Å². The van der Waals surface area contributed by atoms with Crippen molar-refractivity contribution in [2.45, 2.75) is 35.7 Å². The quantitative estimate of drug-likeness (QED) is 0.0619. The van der Waals surface area contributed by atoms with Crippen LogP contribution in [0.3, 0.4) is 0 Å². The summed E-state index contributed by atoms with van der Waals surface area (Å²) < 4.78 is 23.5. The number of carbonyl (C=O) groups is 2. The number of benzene rings is 2. The number of rotatable bonds is 9. The van der Waals surface area contributed by atoms with E-state index in [4.69, 9.17) is 41.5 Å². The molecule has 3 N–H and O–H groups in total. The van der Waals surface area contributed by atoms with Crippen LogP contribution in [-0.2, 0) is 41.5 Å². The summed E-state index contributed by atoms with van der Waals surface area (Å²) in [5, 5.41) is 9.00. The molecule has 0 spiro atoms. The average molecular weight is 1100 g/mol. The Kier molecular flexibility index (Phi) is 51.9. The molecule has 46 heavy (non-hydrogen) atoms. The second kappa shape index (κ2) is 39.1. The second-order valence-corrected chi connectivity index (χ2v) is 13.5. The maximum atomic E-state index is 11.9. The van der Waals surface area contributed by atoms with Gasteiger partial charge in [0.1, 0.15) is 0 Å². The molecule has 1 aliphatic rings. The van der Waals surface area contributed by atoms with Crippen LogP contribution in [0, 0.1) is 0 Å². The van der Waals surface area contributed by atoms with Crippen LogP contribution in [0.1, 0.15) is 24.0 Å². The van der Waals surface area contributed by atoms with Crippen LogP contribution in [-0.4, -0.2) is 116 Å². The number of hydrogen-bond acceptors (Lipinski definition) is 10. The normalized spacial score (nSPS) is 13.5. The van der Waals surface area contributed by atoms with E-state index in [0.29, 0.717) is 13.2 Å². The number of nitrogens with zero attached hydrogens (tertiary/aromatic N) is 1. The van der Waals surface area contributed by atoms with Crippen LogP contribution in [0.15, 0.2) is 45.3 Å². The van der Waals surface area contributed by atoms with Crippen molar-refractivity contribution in [3.8, 4) is 0 Å². The van der Waals surface area contributed by atoms with Gasteiger partial charge in [-0.3, -0.25) is 9.59 Å². The van der Waals surface area contributed by atoms with Gasteiger partial charge in [0, 0.05) is 46.4 Å². The van der Waals surface area contributed by atoms with E-state index in [9.17, 15) is 9.59 Å². The van der Waals surface area contributed by atoms with E-state index in [-0.39, 0.29) is 107 Å². The standard InChI is InChI=1S/C12H13Br2NO2.C8H10BrNO.C4H5Br2ClO.3K.Na.HO4P.H2O/c1-17-7-8-6-9(2-3-10(8)13)15-5-4-11(14)12(15)16;1-11-5-6-4-7(10)2-3-8(6)9;5-2-1-3(6)4(7)8;;;;;1-4-5(2)3;/h2-3,6,11H,4-5,7H2,1H3;2-4H,5,10H2,1H3;3H,1-2H2;;;;;1H;1H2/q;;;;;2*+1;;/p-2. The molecular formula is C24H29Br5ClK3N2NaO9P. The number of hydrogen-bond donors (Lipinski definition) is 1. The van der Waals surface area contributed by atoms with Gasteiger partial charge in [0.05, 0.1) is 22.9 Å². The third-order valence-corrected chi connectivity index (χ3v) is 9.20. The summed E-state index contributed by atoms with van der Waals surface area (Å²) in [5.41, 5.74) is 9.41. The molecule has 0 saturated carbocycles. The summed E-state index contributed by atoms with van der Waals surface area (Å²) in [6, 6.07) is 11.6. The first kappa shape index (κ1) is 61.1. The van der Waals surface area contributed by atoms with E-state index in [1.807, 2.05) is 41.3 Å². The van der Waals surface area contributed by atoms with Gasteiger partial charge in [0.15, 0.2) is 0 Å². The second-order valence-electron chi connectivity index (χ2n) is 7.79. The predicted molar refractivity (Wildman–Crippen MR) is 188 cm³/mol. The van der Waals surface area contributed by atoms with Crippen molar-refractivity contribution in [1.29, 1.82) is 0 Å². The zero-order valence-corrected chi connectivity index (χ0v) is 47.3. The zero-order chi connectivity index (χ0) is 33.5. The van der Waals surface area contributed by atoms with Gasteiger partial charge in [-0.1, -0.05) is 79.6 Å². The molecule has 240 valence electrons. The third-order valence-electron chi connectivity index (χ3n) is 4.82. The molecule has 0 radical (unpaired) electrons. The molecule has 3 atom stereocenters. The van der Waals surface area contributed by atoms with Crippen molar-refractivity contribution < 1.29 is 125 Å². The third kappa shape index (κ3) is 29.2. The van der Waals surface area contributed by atoms with Gasteiger partial charge in [-0.2, -0.15) is 0 Å². The van der Waals surface area contributed by atoms with Crippen LogP contribution in [0.5, 0.6) is 0 Å². The van der Waals surface area contributed by atoms with Crippen LogP contribution < -0.4 is 102 Å². The molecule has 22 heteroatoms. The number of carbonyl (C=O) groups excluding carboxylic acids is 2. The maximum Gasteiger partial charge on any atom is 1.00 e. The van der Waals surface area contributed by atoms with Crippen molar-refractivity contribution in [1.82, 2.24) is 0 Å². The van der Waals surface area contributed by atoms with Gasteiger partial charge < -0.3 is 35.7 Å². The van der Waals surface area contributed by atoms with Crippen molar-refractivity contribution in [3.63, 3.8) is 0 Å². The Labute approximate surface area is 428 Å². The minimum Gasteiger partial charge on any atom is -0.870 e. The molecule has 2 aromatic rings. The smallest absolute Gasteiger partial charge is 0.870 e. The Morgan fingerprint density at radius 1 is 1.13 bits per heavy atom. The topological polar surface area (TPSA) is 184 Å². The van der Waals surface area contributed by atoms with E-state index < -0.39 is 8.25 Å². The number of methoxy groups -OCH3 is 2. The van der Waals surface area contributed by atoms with Gasteiger partial charge in [0.2, 0.25) is 11.1 Å². The number of amides is 1. The molecule has 1 saturated heterocycles. The summed E-state index contributed by atoms with van der Waals surface area (Å²) >= 11 is 24.1. The molecular weight excluding hydrogens is 1070 g/mol. The minimum atomic E-state index is -3.15. The van der Waals surface area contributed by atoms with Crippen molar-refractivity contribution >= 4 is 185 Å². The summed E-state index contributed by atoms with van der Waals surface area (Å²) in [4.78, 5) is 32.6. The maximum absolute atomic E-state index is 11.9. The summed E-state index contributed by atoms with van der Waals surface area (Å²) in [6.45, 7) is 1.89. The van der Waals surface area contributed by atoms with Crippen LogP contribution in [0.2, 0.25) is 0 Å². The molecule has 0 bridgehead atoms. The van der Waals surface area contributed by atoms with E-state index in [2.05, 4.69) is 84.3 Å². The molecule has 11 nitrogen and oxygen atoms in total. The molecule has 0 aliphatic carbocycles. The SMILES string of the molecule is COCc1cc(N)ccc1Br.COCc1cc(N2CCC(Br)C2=O)ccc1Br.O=C(Cl)C(Br)CCBr.O=[P+]([O-])O[O-].[K+].[K][K].[Na+].[OH-]. The first-order chi connectivity index (χ1) is 20.3. The summed E-state index contributed by atoms with van der Waals surface area (Å²) in [5.74, 6) is 0.135. The Morgan fingerprint density at radius 2 is 1.59 bits per heavy atom.